The maximum Gasteiger partial charge on any atom is 0.303 e. The van der Waals surface area contributed by atoms with Crippen LogP contribution in [-0.2, 0) is 14.3 Å². The summed E-state index contributed by atoms with van der Waals surface area (Å²) in [4.78, 5) is 10.8. The Kier molecular flexibility index (Phi) is 20.2. The molecule has 0 aromatic carbocycles. The van der Waals surface area contributed by atoms with Gasteiger partial charge in [-0.1, -0.05) is 96.8 Å². The molecule has 0 rings (SSSR count). The summed E-state index contributed by atoms with van der Waals surface area (Å²) in [5.41, 5.74) is 0. The van der Waals surface area contributed by atoms with Crippen molar-refractivity contribution < 1.29 is 19.4 Å². The van der Waals surface area contributed by atoms with Crippen molar-refractivity contribution in [2.45, 2.75) is 116 Å². The first kappa shape index (κ1) is 25.4. The number of ether oxygens (including phenoxy) is 2. The number of carbonyl (C=O) groups excluding carboxylic acids is 1. The molecule has 4 heteroatoms. The molecule has 0 aromatic rings. The summed E-state index contributed by atoms with van der Waals surface area (Å²) in [5, 5.41) is 9.05. The van der Waals surface area contributed by atoms with Crippen LogP contribution in [0.1, 0.15) is 110 Å². The van der Waals surface area contributed by atoms with E-state index in [2.05, 4.69) is 6.92 Å². The Morgan fingerprint density at radius 3 is 1.58 bits per heavy atom. The van der Waals surface area contributed by atoms with Crippen LogP contribution >= 0.6 is 0 Å². The van der Waals surface area contributed by atoms with E-state index in [9.17, 15) is 4.79 Å². The van der Waals surface area contributed by atoms with Crippen LogP contribution in [0.25, 0.3) is 0 Å². The third-order valence-electron chi connectivity index (χ3n) is 4.73. The Morgan fingerprint density at radius 2 is 1.19 bits per heavy atom. The highest BCUT2D eigenvalue weighted by Crippen LogP contribution is 2.13. The highest BCUT2D eigenvalue weighted by Gasteiger charge is 2.10. The van der Waals surface area contributed by atoms with Crippen LogP contribution < -0.4 is 0 Å². The van der Waals surface area contributed by atoms with Gasteiger partial charge in [-0.25, -0.2) is 0 Å². The summed E-state index contributed by atoms with van der Waals surface area (Å²) in [7, 11) is 0. The normalized spacial score (nSPS) is 12.3. The minimum Gasteiger partial charge on any atom is -0.458 e. The molecule has 0 aliphatic heterocycles. The highest BCUT2D eigenvalue weighted by molar-refractivity contribution is 5.66. The first-order valence-corrected chi connectivity index (χ1v) is 11.1. The van der Waals surface area contributed by atoms with Gasteiger partial charge in [0.2, 0.25) is 0 Å². The Morgan fingerprint density at radius 1 is 0.769 bits per heavy atom. The van der Waals surface area contributed by atoms with Crippen molar-refractivity contribution in [1.29, 1.82) is 0 Å². The first-order valence-electron chi connectivity index (χ1n) is 11.1. The Hall–Kier alpha value is -0.610. The molecule has 1 N–H and O–H groups in total. The maximum atomic E-state index is 10.8. The number of unbranched alkanes of at least 4 members (excludes halogenated alkanes) is 14. The number of esters is 1. The number of carbonyl (C=O) groups is 1. The fourth-order valence-electron chi connectivity index (χ4n) is 3.15. The summed E-state index contributed by atoms with van der Waals surface area (Å²) in [6.45, 7) is 4.40. The smallest absolute Gasteiger partial charge is 0.303 e. The summed E-state index contributed by atoms with van der Waals surface area (Å²) < 4.78 is 10.4. The number of hydrogen-bond acceptors (Lipinski definition) is 4. The van der Waals surface area contributed by atoms with E-state index < -0.39 is 6.10 Å². The quantitative estimate of drug-likeness (QED) is 0.217. The average molecular weight is 373 g/mol. The van der Waals surface area contributed by atoms with Gasteiger partial charge in [0.05, 0.1) is 13.2 Å². The highest BCUT2D eigenvalue weighted by atomic mass is 16.6. The molecule has 26 heavy (non-hydrogen) atoms. The van der Waals surface area contributed by atoms with E-state index in [-0.39, 0.29) is 19.2 Å². The molecule has 0 bridgehead atoms. The van der Waals surface area contributed by atoms with Crippen LogP contribution in [0.5, 0.6) is 0 Å². The van der Waals surface area contributed by atoms with Gasteiger partial charge in [0.25, 0.3) is 0 Å². The fourth-order valence-corrected chi connectivity index (χ4v) is 3.15. The molecule has 0 saturated heterocycles. The van der Waals surface area contributed by atoms with E-state index in [1.807, 2.05) is 0 Å². The Bertz CT molecular complexity index is 294. The first-order chi connectivity index (χ1) is 12.7. The van der Waals surface area contributed by atoms with E-state index in [1.165, 1.54) is 96.8 Å². The van der Waals surface area contributed by atoms with Gasteiger partial charge >= 0.3 is 5.97 Å². The topological polar surface area (TPSA) is 55.8 Å². The van der Waals surface area contributed by atoms with Gasteiger partial charge < -0.3 is 14.6 Å². The monoisotopic (exact) mass is 372 g/mol. The molecule has 0 heterocycles. The molecule has 0 saturated carbocycles. The molecule has 1 unspecified atom stereocenters. The third-order valence-corrected chi connectivity index (χ3v) is 4.73. The van der Waals surface area contributed by atoms with Crippen LogP contribution in [0, 0.1) is 0 Å². The number of aliphatic hydroxyl groups excluding tert-OH is 1. The molecule has 0 aliphatic carbocycles. The van der Waals surface area contributed by atoms with Gasteiger partial charge in [0.15, 0.2) is 0 Å². The molecule has 0 aromatic heterocycles. The zero-order valence-corrected chi connectivity index (χ0v) is 17.5. The van der Waals surface area contributed by atoms with Crippen LogP contribution in [0.4, 0.5) is 0 Å². The summed E-state index contributed by atoms with van der Waals surface area (Å²) >= 11 is 0. The van der Waals surface area contributed by atoms with Crippen LogP contribution in [0.2, 0.25) is 0 Å². The predicted octanol–water partition coefficient (Wildman–Crippen LogP) is 5.80. The Labute approximate surface area is 162 Å². The number of aliphatic hydroxyl groups is 1. The van der Waals surface area contributed by atoms with E-state index >= 15 is 0 Å². The fraction of sp³-hybridized carbons (Fsp3) is 0.955. The molecule has 0 aliphatic rings. The second-order valence-electron chi connectivity index (χ2n) is 7.44. The zero-order chi connectivity index (χ0) is 19.3. The molecule has 0 fully saturated rings. The zero-order valence-electron chi connectivity index (χ0n) is 17.5. The largest absolute Gasteiger partial charge is 0.458 e. The van der Waals surface area contributed by atoms with Crippen molar-refractivity contribution in [2.24, 2.45) is 0 Å². The van der Waals surface area contributed by atoms with Gasteiger partial charge in [-0.05, 0) is 6.42 Å². The molecule has 0 radical (unpaired) electrons. The van der Waals surface area contributed by atoms with E-state index in [4.69, 9.17) is 14.6 Å². The lowest BCUT2D eigenvalue weighted by molar-refractivity contribution is -0.152. The number of hydrogen-bond donors (Lipinski definition) is 1. The summed E-state index contributed by atoms with van der Waals surface area (Å²) in [6.07, 6.45) is 19.7. The van der Waals surface area contributed by atoms with Gasteiger partial charge in [-0.2, -0.15) is 0 Å². The minimum absolute atomic E-state index is 0.182. The van der Waals surface area contributed by atoms with Gasteiger partial charge in [-0.3, -0.25) is 4.79 Å². The lowest BCUT2D eigenvalue weighted by atomic mass is 10.0. The molecule has 0 amide bonds. The second kappa shape index (κ2) is 20.7. The SMILES string of the molecule is CCCCCCCCCCCCCCCCCOCC(CO)OC(C)=O. The lowest BCUT2D eigenvalue weighted by Gasteiger charge is -2.14. The third kappa shape index (κ3) is 19.7. The molecule has 156 valence electrons. The Balaban J connectivity index is 3.14. The van der Waals surface area contributed by atoms with Crippen molar-refractivity contribution in [2.75, 3.05) is 19.8 Å². The minimum atomic E-state index is -0.524. The molecule has 1 atom stereocenters. The van der Waals surface area contributed by atoms with Crippen molar-refractivity contribution in [3.63, 3.8) is 0 Å². The van der Waals surface area contributed by atoms with Crippen molar-refractivity contribution >= 4 is 5.97 Å². The molecule has 4 nitrogen and oxygen atoms in total. The van der Waals surface area contributed by atoms with E-state index in [0.29, 0.717) is 6.61 Å². The lowest BCUT2D eigenvalue weighted by Crippen LogP contribution is -2.26. The van der Waals surface area contributed by atoms with E-state index in [1.54, 1.807) is 0 Å². The van der Waals surface area contributed by atoms with Gasteiger partial charge in [0.1, 0.15) is 6.10 Å². The van der Waals surface area contributed by atoms with Crippen LogP contribution in [0.15, 0.2) is 0 Å². The molecular weight excluding hydrogens is 328 g/mol. The van der Waals surface area contributed by atoms with Gasteiger partial charge in [0, 0.05) is 13.5 Å². The maximum absolute atomic E-state index is 10.8. The average Bonchev–Trinajstić information content (AvgIpc) is 2.63. The summed E-state index contributed by atoms with van der Waals surface area (Å²) in [6, 6.07) is 0. The van der Waals surface area contributed by atoms with Crippen molar-refractivity contribution in [3.8, 4) is 0 Å². The standard InChI is InChI=1S/C22H44O4/c1-3-4-5-6-7-8-9-10-11-12-13-14-15-16-17-18-25-20-22(19-23)26-21(2)24/h22-23H,3-20H2,1-2H3. The van der Waals surface area contributed by atoms with E-state index in [0.717, 1.165) is 6.42 Å². The van der Waals surface area contributed by atoms with Gasteiger partial charge in [-0.15, -0.1) is 0 Å². The number of rotatable bonds is 20. The molecule has 0 spiro atoms. The van der Waals surface area contributed by atoms with Crippen LogP contribution in [-0.4, -0.2) is 37.0 Å². The summed E-state index contributed by atoms with van der Waals surface area (Å²) in [5.74, 6) is -0.375. The van der Waals surface area contributed by atoms with Crippen molar-refractivity contribution in [1.82, 2.24) is 0 Å². The predicted molar refractivity (Wildman–Crippen MR) is 108 cm³/mol. The second-order valence-corrected chi connectivity index (χ2v) is 7.44. The molecular formula is C22H44O4. The van der Waals surface area contributed by atoms with Crippen molar-refractivity contribution in [3.05, 3.63) is 0 Å². The van der Waals surface area contributed by atoms with Crippen LogP contribution in [0.3, 0.4) is 0 Å².